The Morgan fingerprint density at radius 1 is 1.69 bits per heavy atom. The van der Waals surface area contributed by atoms with Crippen molar-refractivity contribution in [2.45, 2.75) is 12.5 Å². The lowest BCUT2D eigenvalue weighted by atomic mass is 10.2. The van der Waals surface area contributed by atoms with Gasteiger partial charge in [-0.3, -0.25) is 0 Å². The van der Waals surface area contributed by atoms with Crippen LogP contribution in [0.1, 0.15) is 16.8 Å². The molecule has 1 aromatic heterocycles. The SMILES string of the molecule is O=C(O)c1cnc(NC2CCSC2)c(Cl)c1. The lowest BCUT2D eigenvalue weighted by Gasteiger charge is -2.13. The molecule has 4 nitrogen and oxygen atoms in total. The van der Waals surface area contributed by atoms with Gasteiger partial charge in [-0.1, -0.05) is 11.6 Å². The first-order valence-corrected chi connectivity index (χ1v) is 6.43. The fraction of sp³-hybridized carbons (Fsp3) is 0.400. The van der Waals surface area contributed by atoms with E-state index < -0.39 is 5.97 Å². The van der Waals surface area contributed by atoms with Crippen LogP contribution in [0.25, 0.3) is 0 Å². The zero-order chi connectivity index (χ0) is 11.5. The van der Waals surface area contributed by atoms with Gasteiger partial charge in [0, 0.05) is 18.0 Å². The molecule has 6 heteroatoms. The second kappa shape index (κ2) is 4.93. The Hall–Kier alpha value is -0.940. The molecule has 1 aliphatic rings. The lowest BCUT2D eigenvalue weighted by Crippen LogP contribution is -2.19. The molecule has 2 rings (SSSR count). The molecule has 0 aromatic carbocycles. The van der Waals surface area contributed by atoms with Crippen LogP contribution >= 0.6 is 23.4 Å². The first kappa shape index (κ1) is 11.5. The van der Waals surface area contributed by atoms with Gasteiger partial charge >= 0.3 is 5.97 Å². The van der Waals surface area contributed by atoms with E-state index in [1.807, 2.05) is 11.8 Å². The van der Waals surface area contributed by atoms with Crippen molar-refractivity contribution in [1.29, 1.82) is 0 Å². The molecule has 1 atom stereocenters. The summed E-state index contributed by atoms with van der Waals surface area (Å²) in [7, 11) is 0. The normalized spacial score (nSPS) is 19.7. The van der Waals surface area contributed by atoms with Gasteiger partial charge in [-0.2, -0.15) is 11.8 Å². The van der Waals surface area contributed by atoms with Gasteiger partial charge < -0.3 is 10.4 Å². The maximum atomic E-state index is 10.7. The molecule has 2 N–H and O–H groups in total. The summed E-state index contributed by atoms with van der Waals surface area (Å²) in [6, 6.07) is 1.80. The molecule has 0 amide bonds. The molecule has 1 aliphatic heterocycles. The van der Waals surface area contributed by atoms with Crippen molar-refractivity contribution in [2.75, 3.05) is 16.8 Å². The highest BCUT2D eigenvalue weighted by Gasteiger charge is 2.17. The Morgan fingerprint density at radius 2 is 2.50 bits per heavy atom. The molecule has 16 heavy (non-hydrogen) atoms. The minimum atomic E-state index is -1.02. The summed E-state index contributed by atoms with van der Waals surface area (Å²) in [5.41, 5.74) is 0.108. The fourth-order valence-electron chi connectivity index (χ4n) is 1.50. The third-order valence-electron chi connectivity index (χ3n) is 2.36. The van der Waals surface area contributed by atoms with E-state index >= 15 is 0 Å². The van der Waals surface area contributed by atoms with Crippen molar-refractivity contribution < 1.29 is 9.90 Å². The van der Waals surface area contributed by atoms with Crippen LogP contribution in [0.5, 0.6) is 0 Å². The molecule has 0 bridgehead atoms. The predicted molar refractivity (Wildman–Crippen MR) is 65.6 cm³/mol. The number of aromatic carboxylic acids is 1. The number of rotatable bonds is 3. The smallest absolute Gasteiger partial charge is 0.337 e. The Labute approximate surface area is 102 Å². The third-order valence-corrected chi connectivity index (χ3v) is 3.81. The van der Waals surface area contributed by atoms with Gasteiger partial charge in [0.1, 0.15) is 5.82 Å². The number of halogens is 1. The van der Waals surface area contributed by atoms with Crippen LogP contribution in [0, 0.1) is 0 Å². The summed E-state index contributed by atoms with van der Waals surface area (Å²) in [6.07, 6.45) is 2.40. The Balaban J connectivity index is 2.12. The number of hydrogen-bond donors (Lipinski definition) is 2. The maximum Gasteiger partial charge on any atom is 0.337 e. The summed E-state index contributed by atoms with van der Waals surface area (Å²) in [5, 5.41) is 12.3. The summed E-state index contributed by atoms with van der Waals surface area (Å²) >= 11 is 7.84. The van der Waals surface area contributed by atoms with Crippen molar-refractivity contribution in [3.63, 3.8) is 0 Å². The van der Waals surface area contributed by atoms with E-state index in [0.717, 1.165) is 17.9 Å². The number of pyridine rings is 1. The highest BCUT2D eigenvalue weighted by atomic mass is 35.5. The van der Waals surface area contributed by atoms with Gasteiger partial charge in [0.2, 0.25) is 0 Å². The van der Waals surface area contributed by atoms with Gasteiger partial charge in [0.25, 0.3) is 0 Å². The standard InChI is InChI=1S/C10H11ClN2O2S/c11-8-3-6(10(14)15)4-12-9(8)13-7-1-2-16-5-7/h3-4,7H,1-2,5H2,(H,12,13)(H,14,15). The fourth-order valence-corrected chi connectivity index (χ4v) is 2.88. The highest BCUT2D eigenvalue weighted by Crippen LogP contribution is 2.25. The van der Waals surface area contributed by atoms with E-state index in [0.29, 0.717) is 16.9 Å². The Bertz CT molecular complexity index is 408. The first-order chi connectivity index (χ1) is 7.66. The number of carboxylic acids is 1. The van der Waals surface area contributed by atoms with E-state index in [9.17, 15) is 4.79 Å². The van der Waals surface area contributed by atoms with E-state index in [1.54, 1.807) is 0 Å². The molecule has 0 saturated carbocycles. The highest BCUT2D eigenvalue weighted by molar-refractivity contribution is 7.99. The molecule has 86 valence electrons. The van der Waals surface area contributed by atoms with Crippen molar-refractivity contribution in [3.8, 4) is 0 Å². The summed E-state index contributed by atoms with van der Waals surface area (Å²) < 4.78 is 0. The second-order valence-corrected chi connectivity index (χ2v) is 5.12. The number of carbonyl (C=O) groups is 1. The quantitative estimate of drug-likeness (QED) is 0.871. The van der Waals surface area contributed by atoms with Gasteiger partial charge in [0.05, 0.1) is 10.6 Å². The van der Waals surface area contributed by atoms with Crippen molar-refractivity contribution in [2.24, 2.45) is 0 Å². The van der Waals surface area contributed by atoms with Crippen molar-refractivity contribution in [1.82, 2.24) is 4.98 Å². The van der Waals surface area contributed by atoms with Gasteiger partial charge in [-0.05, 0) is 18.2 Å². The number of nitrogens with one attached hydrogen (secondary N) is 1. The monoisotopic (exact) mass is 258 g/mol. The average Bonchev–Trinajstić information content (AvgIpc) is 2.73. The van der Waals surface area contributed by atoms with Gasteiger partial charge in [0.15, 0.2) is 0 Å². The molecule has 0 radical (unpaired) electrons. The van der Waals surface area contributed by atoms with Crippen LogP contribution in [-0.2, 0) is 0 Å². The molecule has 2 heterocycles. The van der Waals surface area contributed by atoms with E-state index in [2.05, 4.69) is 10.3 Å². The maximum absolute atomic E-state index is 10.7. The predicted octanol–water partition coefficient (Wildman–Crippen LogP) is 2.35. The summed E-state index contributed by atoms with van der Waals surface area (Å²) in [4.78, 5) is 14.7. The summed E-state index contributed by atoms with van der Waals surface area (Å²) in [5.74, 6) is 1.73. The first-order valence-electron chi connectivity index (χ1n) is 4.90. The molecule has 0 aliphatic carbocycles. The molecule has 1 fully saturated rings. The Kier molecular flexibility index (Phi) is 3.56. The zero-order valence-electron chi connectivity index (χ0n) is 8.44. The largest absolute Gasteiger partial charge is 0.478 e. The number of nitrogens with zero attached hydrogens (tertiary/aromatic N) is 1. The van der Waals surface area contributed by atoms with E-state index in [4.69, 9.17) is 16.7 Å². The molecule has 1 unspecified atom stereocenters. The molecule has 1 aromatic rings. The lowest BCUT2D eigenvalue weighted by molar-refractivity contribution is 0.0696. The van der Waals surface area contributed by atoms with Gasteiger partial charge in [-0.25, -0.2) is 9.78 Å². The molecular formula is C10H11ClN2O2S. The van der Waals surface area contributed by atoms with E-state index in [1.165, 1.54) is 12.3 Å². The molecular weight excluding hydrogens is 248 g/mol. The Morgan fingerprint density at radius 3 is 3.06 bits per heavy atom. The van der Waals surface area contributed by atoms with Crippen molar-refractivity contribution >= 4 is 35.1 Å². The van der Waals surface area contributed by atoms with Crippen LogP contribution < -0.4 is 5.32 Å². The zero-order valence-corrected chi connectivity index (χ0v) is 10.0. The van der Waals surface area contributed by atoms with Crippen LogP contribution in [-0.4, -0.2) is 33.6 Å². The average molecular weight is 259 g/mol. The number of hydrogen-bond acceptors (Lipinski definition) is 4. The minimum absolute atomic E-state index is 0.108. The number of carboxylic acid groups (broad SMARTS) is 1. The number of thioether (sulfide) groups is 1. The number of anilines is 1. The topological polar surface area (TPSA) is 62.2 Å². The van der Waals surface area contributed by atoms with Crippen LogP contribution in [0.2, 0.25) is 5.02 Å². The minimum Gasteiger partial charge on any atom is -0.478 e. The second-order valence-electron chi connectivity index (χ2n) is 3.56. The van der Waals surface area contributed by atoms with Crippen molar-refractivity contribution in [3.05, 3.63) is 22.8 Å². The van der Waals surface area contributed by atoms with Crippen LogP contribution in [0.3, 0.4) is 0 Å². The van der Waals surface area contributed by atoms with Crippen LogP contribution in [0.4, 0.5) is 5.82 Å². The van der Waals surface area contributed by atoms with Gasteiger partial charge in [-0.15, -0.1) is 0 Å². The third kappa shape index (κ3) is 2.59. The molecule has 0 spiro atoms. The molecule has 1 saturated heterocycles. The number of aromatic nitrogens is 1. The van der Waals surface area contributed by atoms with Crippen LogP contribution in [0.15, 0.2) is 12.3 Å². The van der Waals surface area contributed by atoms with E-state index in [-0.39, 0.29) is 5.56 Å². The summed E-state index contributed by atoms with van der Waals surface area (Å²) in [6.45, 7) is 0.